The van der Waals surface area contributed by atoms with Crippen molar-refractivity contribution in [3.05, 3.63) is 11.6 Å². The highest BCUT2D eigenvalue weighted by Gasteiger charge is 2.62. The predicted molar refractivity (Wildman–Crippen MR) is 66.3 cm³/mol. The monoisotopic (exact) mass is 220 g/mol. The quantitative estimate of drug-likeness (QED) is 0.445. The number of ether oxygens (including phenoxy) is 1. The summed E-state index contributed by atoms with van der Waals surface area (Å²) in [7, 11) is 0. The van der Waals surface area contributed by atoms with E-state index >= 15 is 0 Å². The largest absolute Gasteiger partial charge is 0.369 e. The van der Waals surface area contributed by atoms with Crippen LogP contribution >= 0.6 is 0 Å². The van der Waals surface area contributed by atoms with Crippen LogP contribution in [0.15, 0.2) is 11.6 Å². The second kappa shape index (κ2) is 3.35. The van der Waals surface area contributed by atoms with Gasteiger partial charge in [-0.25, -0.2) is 0 Å². The molecule has 1 heterocycles. The van der Waals surface area contributed by atoms with E-state index in [1.165, 1.54) is 32.1 Å². The molecule has 0 aromatic carbocycles. The van der Waals surface area contributed by atoms with Crippen molar-refractivity contribution < 1.29 is 4.74 Å². The minimum atomic E-state index is 0.307. The van der Waals surface area contributed by atoms with E-state index in [0.717, 1.165) is 18.4 Å². The average Bonchev–Trinajstić information content (AvgIpc) is 2.94. The van der Waals surface area contributed by atoms with E-state index < -0.39 is 0 Å². The summed E-state index contributed by atoms with van der Waals surface area (Å²) in [4.78, 5) is 0. The van der Waals surface area contributed by atoms with Crippen molar-refractivity contribution in [3.8, 4) is 0 Å². The zero-order chi connectivity index (χ0) is 11.4. The number of fused-ring (bicyclic) bond motifs is 2. The van der Waals surface area contributed by atoms with Gasteiger partial charge in [0.05, 0.1) is 12.2 Å². The van der Waals surface area contributed by atoms with Crippen molar-refractivity contribution in [3.63, 3.8) is 0 Å². The first-order valence-corrected chi connectivity index (χ1v) is 6.83. The summed E-state index contributed by atoms with van der Waals surface area (Å²) >= 11 is 0. The molecular formula is C15H24O. The number of hydrogen-bond acceptors (Lipinski definition) is 1. The Hall–Kier alpha value is -0.300. The predicted octanol–water partition coefficient (Wildman–Crippen LogP) is 3.94. The smallest absolute Gasteiger partial charge is 0.0950 e. The van der Waals surface area contributed by atoms with Crippen molar-refractivity contribution in [1.29, 1.82) is 0 Å². The van der Waals surface area contributed by atoms with Gasteiger partial charge in [0.2, 0.25) is 0 Å². The molecule has 1 nitrogen and oxygen atoms in total. The molecule has 3 rings (SSSR count). The van der Waals surface area contributed by atoms with Gasteiger partial charge in [-0.1, -0.05) is 25.5 Å². The van der Waals surface area contributed by atoms with Crippen LogP contribution in [0.4, 0.5) is 0 Å². The molecule has 0 radical (unpaired) electrons. The van der Waals surface area contributed by atoms with Crippen LogP contribution in [-0.2, 0) is 4.74 Å². The molecule has 1 saturated carbocycles. The van der Waals surface area contributed by atoms with E-state index in [1.54, 1.807) is 5.57 Å². The third-order valence-corrected chi connectivity index (χ3v) is 5.34. The second-order valence-corrected chi connectivity index (χ2v) is 6.89. The maximum atomic E-state index is 5.86. The number of epoxide rings is 1. The highest BCUT2D eigenvalue weighted by Crippen LogP contribution is 2.62. The molecular weight excluding hydrogens is 196 g/mol. The van der Waals surface area contributed by atoms with E-state index in [9.17, 15) is 0 Å². The van der Waals surface area contributed by atoms with E-state index in [-0.39, 0.29) is 0 Å². The lowest BCUT2D eigenvalue weighted by Gasteiger charge is -2.54. The van der Waals surface area contributed by atoms with Gasteiger partial charge < -0.3 is 4.74 Å². The van der Waals surface area contributed by atoms with Gasteiger partial charge in [-0.05, 0) is 56.3 Å². The normalized spacial score (nSPS) is 49.1. The maximum absolute atomic E-state index is 5.86. The minimum absolute atomic E-state index is 0.307. The van der Waals surface area contributed by atoms with Crippen molar-refractivity contribution in [1.82, 2.24) is 0 Å². The molecule has 3 atom stereocenters. The summed E-state index contributed by atoms with van der Waals surface area (Å²) in [6.07, 6.45) is 9.01. The van der Waals surface area contributed by atoms with Gasteiger partial charge in [0.1, 0.15) is 0 Å². The van der Waals surface area contributed by atoms with Gasteiger partial charge in [-0.3, -0.25) is 0 Å². The highest BCUT2D eigenvalue weighted by atomic mass is 16.6. The van der Waals surface area contributed by atoms with Crippen LogP contribution in [-0.4, -0.2) is 12.2 Å². The van der Waals surface area contributed by atoms with Crippen LogP contribution in [0.5, 0.6) is 0 Å². The van der Waals surface area contributed by atoms with Crippen molar-refractivity contribution >= 4 is 0 Å². The first-order valence-electron chi connectivity index (χ1n) is 6.83. The van der Waals surface area contributed by atoms with E-state index in [2.05, 4.69) is 26.8 Å². The van der Waals surface area contributed by atoms with Crippen LogP contribution in [0.3, 0.4) is 0 Å². The molecule has 2 aliphatic carbocycles. The summed E-state index contributed by atoms with van der Waals surface area (Å²) in [6, 6.07) is 0. The third kappa shape index (κ3) is 1.55. The van der Waals surface area contributed by atoms with Crippen molar-refractivity contribution in [2.45, 2.75) is 58.5 Å². The molecule has 0 aromatic rings. The Balaban J connectivity index is 1.82. The summed E-state index contributed by atoms with van der Waals surface area (Å²) in [5.74, 6) is 1.76. The van der Waals surface area contributed by atoms with Gasteiger partial charge in [0.15, 0.2) is 0 Å². The van der Waals surface area contributed by atoms with Crippen LogP contribution in [0.2, 0.25) is 0 Å². The molecule has 2 fully saturated rings. The lowest BCUT2D eigenvalue weighted by molar-refractivity contribution is -0.0642. The standard InChI is InChI=1S/C15H24O/c1-11-5-4-8-15(10-16-15)13-9-14(2,3)12(13)7-6-11/h5,12-13H,4,6-10H2,1-3H3/b11-5-. The van der Waals surface area contributed by atoms with Crippen LogP contribution < -0.4 is 0 Å². The highest BCUT2D eigenvalue weighted by molar-refractivity contribution is 5.13. The van der Waals surface area contributed by atoms with Gasteiger partial charge in [0, 0.05) is 0 Å². The van der Waals surface area contributed by atoms with Gasteiger partial charge in [-0.15, -0.1) is 0 Å². The van der Waals surface area contributed by atoms with E-state index in [4.69, 9.17) is 4.74 Å². The van der Waals surface area contributed by atoms with Gasteiger partial charge >= 0.3 is 0 Å². The Morgan fingerprint density at radius 1 is 1.31 bits per heavy atom. The summed E-state index contributed by atoms with van der Waals surface area (Å²) in [5.41, 5.74) is 2.47. The molecule has 1 spiro atoms. The minimum Gasteiger partial charge on any atom is -0.369 e. The number of allylic oxidation sites excluding steroid dienone is 2. The molecule has 0 aromatic heterocycles. The topological polar surface area (TPSA) is 12.5 Å². The second-order valence-electron chi connectivity index (χ2n) is 6.89. The molecule has 1 aliphatic heterocycles. The fraction of sp³-hybridized carbons (Fsp3) is 0.867. The third-order valence-electron chi connectivity index (χ3n) is 5.34. The molecule has 0 amide bonds. The van der Waals surface area contributed by atoms with Crippen LogP contribution in [0, 0.1) is 17.3 Å². The lowest BCUT2D eigenvalue weighted by atomic mass is 9.50. The Kier molecular flexibility index (Phi) is 2.27. The molecule has 90 valence electrons. The maximum Gasteiger partial charge on any atom is 0.0950 e. The fourth-order valence-corrected chi connectivity index (χ4v) is 4.07. The molecule has 1 saturated heterocycles. The van der Waals surface area contributed by atoms with Crippen LogP contribution in [0.1, 0.15) is 52.9 Å². The van der Waals surface area contributed by atoms with Crippen molar-refractivity contribution in [2.75, 3.05) is 6.61 Å². The van der Waals surface area contributed by atoms with E-state index in [1.807, 2.05) is 0 Å². The molecule has 1 heteroatoms. The van der Waals surface area contributed by atoms with Crippen molar-refractivity contribution in [2.24, 2.45) is 17.3 Å². The fourth-order valence-electron chi connectivity index (χ4n) is 4.07. The first kappa shape index (κ1) is 10.8. The Morgan fingerprint density at radius 3 is 2.69 bits per heavy atom. The van der Waals surface area contributed by atoms with E-state index in [0.29, 0.717) is 11.0 Å². The molecule has 0 bridgehead atoms. The molecule has 16 heavy (non-hydrogen) atoms. The Labute approximate surface area is 99.3 Å². The average molecular weight is 220 g/mol. The first-order chi connectivity index (χ1) is 7.54. The summed E-state index contributed by atoms with van der Waals surface area (Å²) < 4.78 is 5.86. The summed E-state index contributed by atoms with van der Waals surface area (Å²) in [5, 5.41) is 0. The van der Waals surface area contributed by atoms with Crippen LogP contribution in [0.25, 0.3) is 0 Å². The number of rotatable bonds is 0. The summed E-state index contributed by atoms with van der Waals surface area (Å²) in [6.45, 7) is 8.23. The lowest BCUT2D eigenvalue weighted by Crippen LogP contribution is -2.50. The Morgan fingerprint density at radius 2 is 2.06 bits per heavy atom. The molecule has 3 unspecified atom stereocenters. The Bertz CT molecular complexity index is 322. The zero-order valence-corrected chi connectivity index (χ0v) is 10.9. The van der Waals surface area contributed by atoms with Gasteiger partial charge in [-0.2, -0.15) is 0 Å². The molecule has 3 aliphatic rings. The molecule has 0 N–H and O–H groups in total. The SMILES string of the molecule is C/C1=C/CCC2(CO2)C2CC(C)(C)C2CC1. The number of hydrogen-bond donors (Lipinski definition) is 0. The zero-order valence-electron chi connectivity index (χ0n) is 10.9. The van der Waals surface area contributed by atoms with Gasteiger partial charge in [0.25, 0.3) is 0 Å².